The number of pyridine rings is 1. The summed E-state index contributed by atoms with van der Waals surface area (Å²) in [5, 5.41) is 0. The molecule has 0 aliphatic carbocycles. The number of sulfonamides is 1. The molecule has 0 fully saturated rings. The van der Waals surface area contributed by atoms with Gasteiger partial charge in [0.2, 0.25) is 0 Å². The monoisotopic (exact) mass is 291 g/mol. The number of aryl methyl sites for hydroxylation is 1. The first kappa shape index (κ1) is 14.5. The van der Waals surface area contributed by atoms with E-state index >= 15 is 0 Å². The number of anilines is 1. The molecule has 0 saturated heterocycles. The summed E-state index contributed by atoms with van der Waals surface area (Å²) in [7, 11) is -3.65. The Balaban J connectivity index is 2.33. The van der Waals surface area contributed by atoms with E-state index in [0.717, 1.165) is 11.1 Å². The predicted octanol–water partition coefficient (Wildman–Crippen LogP) is 2.21. The van der Waals surface area contributed by atoms with Gasteiger partial charge in [-0.15, -0.1) is 0 Å². The number of aromatic nitrogens is 1. The van der Waals surface area contributed by atoms with Gasteiger partial charge < -0.3 is 5.73 Å². The van der Waals surface area contributed by atoms with Gasteiger partial charge in [-0.25, -0.2) is 13.4 Å². The van der Waals surface area contributed by atoms with E-state index < -0.39 is 10.0 Å². The number of hydrogen-bond acceptors (Lipinski definition) is 4. The summed E-state index contributed by atoms with van der Waals surface area (Å²) in [6.07, 6.45) is 1.56. The quantitative estimate of drug-likeness (QED) is 0.904. The number of benzene rings is 1. The van der Waals surface area contributed by atoms with E-state index in [2.05, 4.69) is 9.71 Å². The number of nitrogens with two attached hydrogens (primary N) is 1. The third-order valence-corrected chi connectivity index (χ3v) is 4.20. The van der Waals surface area contributed by atoms with Crippen molar-refractivity contribution in [1.82, 2.24) is 4.98 Å². The topological polar surface area (TPSA) is 85.1 Å². The zero-order chi connectivity index (χ0) is 14.8. The maximum absolute atomic E-state index is 12.3. The van der Waals surface area contributed by atoms with Gasteiger partial charge in [0.25, 0.3) is 10.0 Å². The molecule has 0 aliphatic heterocycles. The SMILES string of the molecule is Cc1ccnc(NS(=O)(=O)c2cccc(C(C)N)c2)c1. The fraction of sp³-hybridized carbons (Fsp3) is 0.214. The fourth-order valence-electron chi connectivity index (χ4n) is 1.75. The van der Waals surface area contributed by atoms with Gasteiger partial charge in [-0.2, -0.15) is 0 Å². The normalized spacial score (nSPS) is 12.9. The average molecular weight is 291 g/mol. The first-order valence-corrected chi connectivity index (χ1v) is 7.68. The third-order valence-electron chi connectivity index (χ3n) is 2.85. The Hall–Kier alpha value is -1.92. The van der Waals surface area contributed by atoms with Gasteiger partial charge in [-0.1, -0.05) is 12.1 Å². The van der Waals surface area contributed by atoms with Crippen LogP contribution in [0.2, 0.25) is 0 Å². The summed E-state index contributed by atoms with van der Waals surface area (Å²) in [5.74, 6) is 0.302. The van der Waals surface area contributed by atoms with E-state index in [1.54, 1.807) is 43.5 Å². The molecule has 1 unspecified atom stereocenters. The van der Waals surface area contributed by atoms with Crippen molar-refractivity contribution in [3.05, 3.63) is 53.7 Å². The molecule has 5 nitrogen and oxygen atoms in total. The van der Waals surface area contributed by atoms with E-state index in [1.165, 1.54) is 6.07 Å². The lowest BCUT2D eigenvalue weighted by Gasteiger charge is -2.10. The molecule has 0 aliphatic rings. The number of nitrogens with one attached hydrogen (secondary N) is 1. The molecule has 106 valence electrons. The summed E-state index contributed by atoms with van der Waals surface area (Å²) in [6, 6.07) is 9.84. The molecule has 1 heterocycles. The van der Waals surface area contributed by atoms with Crippen molar-refractivity contribution in [3.63, 3.8) is 0 Å². The minimum Gasteiger partial charge on any atom is -0.324 e. The molecule has 3 N–H and O–H groups in total. The van der Waals surface area contributed by atoms with E-state index in [9.17, 15) is 8.42 Å². The number of rotatable bonds is 4. The second kappa shape index (κ2) is 5.60. The van der Waals surface area contributed by atoms with Crippen LogP contribution in [0.15, 0.2) is 47.5 Å². The molecule has 2 rings (SSSR count). The van der Waals surface area contributed by atoms with Crippen LogP contribution in [0.1, 0.15) is 24.1 Å². The van der Waals surface area contributed by atoms with Crippen molar-refractivity contribution >= 4 is 15.8 Å². The first-order valence-electron chi connectivity index (χ1n) is 6.19. The van der Waals surface area contributed by atoms with Gasteiger partial charge in [-0.05, 0) is 49.2 Å². The minimum absolute atomic E-state index is 0.176. The van der Waals surface area contributed by atoms with Gasteiger partial charge >= 0.3 is 0 Å². The molecule has 0 radical (unpaired) electrons. The van der Waals surface area contributed by atoms with Crippen LogP contribution in [0.4, 0.5) is 5.82 Å². The molecule has 0 bridgehead atoms. The lowest BCUT2D eigenvalue weighted by molar-refractivity contribution is 0.600. The summed E-state index contributed by atoms with van der Waals surface area (Å²) in [6.45, 7) is 3.68. The van der Waals surface area contributed by atoms with Crippen molar-refractivity contribution in [2.24, 2.45) is 5.73 Å². The van der Waals surface area contributed by atoms with Gasteiger partial charge in [0.1, 0.15) is 5.82 Å². The van der Waals surface area contributed by atoms with Gasteiger partial charge in [-0.3, -0.25) is 4.72 Å². The average Bonchev–Trinajstić information content (AvgIpc) is 2.38. The maximum Gasteiger partial charge on any atom is 0.263 e. The standard InChI is InChI=1S/C14H17N3O2S/c1-10-6-7-16-14(8-10)17-20(18,19)13-5-3-4-12(9-13)11(2)15/h3-9,11H,15H2,1-2H3,(H,16,17). The van der Waals surface area contributed by atoms with E-state index in [1.807, 2.05) is 6.92 Å². The second-order valence-electron chi connectivity index (χ2n) is 4.69. The van der Waals surface area contributed by atoms with Crippen molar-refractivity contribution in [1.29, 1.82) is 0 Å². The first-order chi connectivity index (χ1) is 9.38. The highest BCUT2D eigenvalue weighted by Crippen LogP contribution is 2.18. The molecular formula is C14H17N3O2S. The molecule has 0 amide bonds. The zero-order valence-electron chi connectivity index (χ0n) is 11.4. The van der Waals surface area contributed by atoms with E-state index in [0.29, 0.717) is 5.82 Å². The van der Waals surface area contributed by atoms with Crippen LogP contribution in [0.25, 0.3) is 0 Å². The molecule has 2 aromatic rings. The van der Waals surface area contributed by atoms with Crippen LogP contribution < -0.4 is 10.5 Å². The second-order valence-corrected chi connectivity index (χ2v) is 6.37. The number of hydrogen-bond donors (Lipinski definition) is 2. The molecule has 20 heavy (non-hydrogen) atoms. The van der Waals surface area contributed by atoms with Gasteiger partial charge in [0.15, 0.2) is 0 Å². The number of nitrogens with zero attached hydrogens (tertiary/aromatic N) is 1. The van der Waals surface area contributed by atoms with Crippen LogP contribution in [0.5, 0.6) is 0 Å². The van der Waals surface area contributed by atoms with Crippen molar-refractivity contribution in [2.75, 3.05) is 4.72 Å². The fourth-order valence-corrected chi connectivity index (χ4v) is 2.81. The van der Waals surface area contributed by atoms with Crippen LogP contribution in [0, 0.1) is 6.92 Å². The van der Waals surface area contributed by atoms with Crippen molar-refractivity contribution in [3.8, 4) is 0 Å². The largest absolute Gasteiger partial charge is 0.324 e. The van der Waals surface area contributed by atoms with Crippen LogP contribution >= 0.6 is 0 Å². The maximum atomic E-state index is 12.3. The third kappa shape index (κ3) is 3.34. The summed E-state index contributed by atoms with van der Waals surface area (Å²) >= 11 is 0. The van der Waals surface area contributed by atoms with Crippen molar-refractivity contribution < 1.29 is 8.42 Å². The molecule has 6 heteroatoms. The van der Waals surface area contributed by atoms with Crippen LogP contribution in [0.3, 0.4) is 0 Å². The molecule has 0 saturated carbocycles. The minimum atomic E-state index is -3.65. The Morgan fingerprint density at radius 3 is 2.65 bits per heavy atom. The Morgan fingerprint density at radius 1 is 1.25 bits per heavy atom. The molecule has 1 aromatic heterocycles. The lowest BCUT2D eigenvalue weighted by Crippen LogP contribution is -2.15. The Morgan fingerprint density at radius 2 is 2.00 bits per heavy atom. The highest BCUT2D eigenvalue weighted by atomic mass is 32.2. The highest BCUT2D eigenvalue weighted by molar-refractivity contribution is 7.92. The highest BCUT2D eigenvalue weighted by Gasteiger charge is 2.15. The molecule has 0 spiro atoms. The lowest BCUT2D eigenvalue weighted by atomic mass is 10.1. The summed E-state index contributed by atoms with van der Waals surface area (Å²) in [4.78, 5) is 4.17. The van der Waals surface area contributed by atoms with E-state index in [-0.39, 0.29) is 10.9 Å². The van der Waals surface area contributed by atoms with Crippen LogP contribution in [-0.4, -0.2) is 13.4 Å². The van der Waals surface area contributed by atoms with Crippen LogP contribution in [-0.2, 0) is 10.0 Å². The van der Waals surface area contributed by atoms with Gasteiger partial charge in [0.05, 0.1) is 4.90 Å². The predicted molar refractivity (Wildman–Crippen MR) is 78.8 cm³/mol. The zero-order valence-corrected chi connectivity index (χ0v) is 12.2. The molecular weight excluding hydrogens is 274 g/mol. The van der Waals surface area contributed by atoms with E-state index in [4.69, 9.17) is 5.73 Å². The van der Waals surface area contributed by atoms with Gasteiger partial charge in [0, 0.05) is 12.2 Å². The van der Waals surface area contributed by atoms with Crippen molar-refractivity contribution in [2.45, 2.75) is 24.8 Å². The Kier molecular flexibility index (Phi) is 4.06. The summed E-state index contributed by atoms with van der Waals surface area (Å²) in [5.41, 5.74) is 7.47. The molecule has 1 atom stereocenters. The Bertz CT molecular complexity index is 712. The molecule has 1 aromatic carbocycles. The smallest absolute Gasteiger partial charge is 0.263 e. The summed E-state index contributed by atoms with van der Waals surface area (Å²) < 4.78 is 27.1. The Labute approximate surface area is 118 Å².